The molecular formula is C17H13F3N2O3S. The number of anilines is 1. The summed E-state index contributed by atoms with van der Waals surface area (Å²) >= 11 is 0. The van der Waals surface area contributed by atoms with Gasteiger partial charge in [-0.1, -0.05) is 12.1 Å². The third kappa shape index (κ3) is 3.72. The first kappa shape index (κ1) is 18.0. The van der Waals surface area contributed by atoms with Crippen molar-refractivity contribution < 1.29 is 26.0 Å². The maximum absolute atomic E-state index is 12.8. The molecule has 3 aromatic rings. The van der Waals surface area contributed by atoms with Gasteiger partial charge in [0, 0.05) is 11.8 Å². The van der Waals surface area contributed by atoms with Crippen molar-refractivity contribution in [2.75, 3.05) is 4.72 Å². The molecule has 0 bridgehead atoms. The van der Waals surface area contributed by atoms with Crippen LogP contribution >= 0.6 is 0 Å². The Balaban J connectivity index is 1.97. The van der Waals surface area contributed by atoms with E-state index in [0.29, 0.717) is 23.0 Å². The molecule has 2 heterocycles. The molecule has 0 amide bonds. The Morgan fingerprint density at radius 1 is 1.12 bits per heavy atom. The topological polar surface area (TPSA) is 72.2 Å². The van der Waals surface area contributed by atoms with Crippen LogP contribution in [0.25, 0.3) is 11.3 Å². The van der Waals surface area contributed by atoms with Crippen LogP contribution in [-0.4, -0.2) is 13.4 Å². The van der Waals surface area contributed by atoms with Crippen LogP contribution in [0.4, 0.5) is 18.9 Å². The Morgan fingerprint density at radius 3 is 2.54 bits per heavy atom. The number of nitrogens with zero attached hydrogens (tertiary/aromatic N) is 1. The van der Waals surface area contributed by atoms with Gasteiger partial charge in [-0.3, -0.25) is 9.71 Å². The summed E-state index contributed by atoms with van der Waals surface area (Å²) in [6, 6.07) is 9.88. The van der Waals surface area contributed by atoms with Crippen molar-refractivity contribution in [1.82, 2.24) is 4.98 Å². The van der Waals surface area contributed by atoms with E-state index in [2.05, 4.69) is 9.71 Å². The monoisotopic (exact) mass is 382 g/mol. The molecule has 0 aliphatic carbocycles. The van der Waals surface area contributed by atoms with Crippen molar-refractivity contribution in [2.24, 2.45) is 0 Å². The molecule has 2 aromatic heterocycles. The Hall–Kier alpha value is -2.81. The molecule has 9 heteroatoms. The van der Waals surface area contributed by atoms with Crippen LogP contribution in [0.3, 0.4) is 0 Å². The number of benzene rings is 1. The van der Waals surface area contributed by atoms with Crippen molar-refractivity contribution in [2.45, 2.75) is 18.0 Å². The summed E-state index contributed by atoms with van der Waals surface area (Å²) in [5.74, 6) is 0.536. The van der Waals surface area contributed by atoms with Gasteiger partial charge in [0.1, 0.15) is 11.5 Å². The quantitative estimate of drug-likeness (QED) is 0.723. The van der Waals surface area contributed by atoms with Gasteiger partial charge in [-0.2, -0.15) is 13.2 Å². The molecule has 5 nitrogen and oxygen atoms in total. The van der Waals surface area contributed by atoms with E-state index in [0.717, 1.165) is 12.3 Å². The summed E-state index contributed by atoms with van der Waals surface area (Å²) < 4.78 is 70.9. The minimum Gasteiger partial charge on any atom is -0.464 e. The molecule has 3 rings (SSSR count). The normalized spacial score (nSPS) is 12.2. The molecule has 0 saturated heterocycles. The van der Waals surface area contributed by atoms with Crippen molar-refractivity contribution in [3.05, 3.63) is 66.2 Å². The molecule has 0 spiro atoms. The number of halogens is 3. The Bertz CT molecular complexity index is 1030. The molecule has 1 N–H and O–H groups in total. The lowest BCUT2D eigenvalue weighted by Gasteiger charge is -2.13. The lowest BCUT2D eigenvalue weighted by Crippen LogP contribution is -2.16. The average Bonchev–Trinajstić information content (AvgIpc) is 3.10. The second-order valence-corrected chi connectivity index (χ2v) is 7.17. The summed E-state index contributed by atoms with van der Waals surface area (Å²) in [7, 11) is -4.22. The zero-order chi connectivity index (χ0) is 18.9. The molecule has 0 saturated carbocycles. The Labute approximate surface area is 147 Å². The number of aryl methyl sites for hydroxylation is 1. The molecule has 0 aliphatic rings. The van der Waals surface area contributed by atoms with Crippen LogP contribution in [0, 0.1) is 6.92 Å². The summed E-state index contributed by atoms with van der Waals surface area (Å²) in [5, 5.41) is 0. The largest absolute Gasteiger partial charge is 0.464 e. The van der Waals surface area contributed by atoms with Crippen LogP contribution in [-0.2, 0) is 16.2 Å². The molecule has 0 fully saturated rings. The fourth-order valence-corrected chi connectivity index (χ4v) is 3.40. The number of hydrogen-bond donors (Lipinski definition) is 1. The Morgan fingerprint density at radius 2 is 1.88 bits per heavy atom. The summed E-state index contributed by atoms with van der Waals surface area (Å²) in [4.78, 5) is 2.64. The average molecular weight is 382 g/mol. The van der Waals surface area contributed by atoms with Crippen LogP contribution in [0.1, 0.15) is 11.3 Å². The van der Waals surface area contributed by atoms with Gasteiger partial charge in [-0.05, 0) is 42.8 Å². The predicted octanol–water partition coefficient (Wildman–Crippen LogP) is 4.47. The third-order valence-corrected chi connectivity index (χ3v) is 4.98. The fraction of sp³-hybridized carbons (Fsp3) is 0.118. The van der Waals surface area contributed by atoms with E-state index in [1.807, 2.05) is 0 Å². The number of alkyl halides is 3. The molecule has 0 radical (unpaired) electrons. The molecular weight excluding hydrogens is 369 g/mol. The second-order valence-electron chi connectivity index (χ2n) is 5.49. The number of aromatic nitrogens is 1. The highest BCUT2D eigenvalue weighted by atomic mass is 32.2. The van der Waals surface area contributed by atoms with Gasteiger partial charge in [-0.25, -0.2) is 8.42 Å². The number of sulfonamides is 1. The van der Waals surface area contributed by atoms with Gasteiger partial charge >= 0.3 is 6.18 Å². The fourth-order valence-electron chi connectivity index (χ4n) is 2.27. The van der Waals surface area contributed by atoms with Crippen LogP contribution in [0.2, 0.25) is 0 Å². The van der Waals surface area contributed by atoms with Crippen molar-refractivity contribution in [3.8, 4) is 11.3 Å². The van der Waals surface area contributed by atoms with E-state index in [-0.39, 0.29) is 5.69 Å². The van der Waals surface area contributed by atoms with E-state index >= 15 is 0 Å². The third-order valence-electron chi connectivity index (χ3n) is 3.62. The van der Waals surface area contributed by atoms with Gasteiger partial charge < -0.3 is 4.42 Å². The Kier molecular flexibility index (Phi) is 4.49. The van der Waals surface area contributed by atoms with Crippen LogP contribution in [0.15, 0.2) is 64.2 Å². The van der Waals surface area contributed by atoms with E-state index in [9.17, 15) is 21.6 Å². The first-order valence-corrected chi connectivity index (χ1v) is 8.86. The van der Waals surface area contributed by atoms with Gasteiger partial charge in [0.15, 0.2) is 0 Å². The minimum atomic E-state index is -4.74. The SMILES string of the molecule is Cc1ccc(-c2ccco2)cc1NS(=O)(=O)c1ccnc(C(F)(F)F)c1. The summed E-state index contributed by atoms with van der Waals surface area (Å²) in [5.41, 5.74) is 0.198. The van der Waals surface area contributed by atoms with Crippen LogP contribution in [0.5, 0.6) is 0 Å². The first-order valence-electron chi connectivity index (χ1n) is 7.37. The predicted molar refractivity (Wildman–Crippen MR) is 88.9 cm³/mol. The van der Waals surface area contributed by atoms with E-state index < -0.39 is 26.8 Å². The first-order chi connectivity index (χ1) is 12.2. The maximum atomic E-state index is 12.8. The summed E-state index contributed by atoms with van der Waals surface area (Å²) in [6.07, 6.45) is -2.45. The zero-order valence-electron chi connectivity index (χ0n) is 13.4. The summed E-state index contributed by atoms with van der Waals surface area (Å²) in [6.45, 7) is 1.68. The number of nitrogens with one attached hydrogen (secondary N) is 1. The number of hydrogen-bond acceptors (Lipinski definition) is 4. The zero-order valence-corrected chi connectivity index (χ0v) is 14.2. The highest BCUT2D eigenvalue weighted by Gasteiger charge is 2.33. The lowest BCUT2D eigenvalue weighted by molar-refractivity contribution is -0.141. The molecule has 0 aliphatic heterocycles. The molecule has 0 unspecified atom stereocenters. The highest BCUT2D eigenvalue weighted by Crippen LogP contribution is 2.30. The molecule has 26 heavy (non-hydrogen) atoms. The molecule has 1 aromatic carbocycles. The smallest absolute Gasteiger partial charge is 0.433 e. The van der Waals surface area contributed by atoms with E-state index in [1.165, 1.54) is 6.26 Å². The number of pyridine rings is 1. The molecule has 136 valence electrons. The van der Waals surface area contributed by atoms with Crippen molar-refractivity contribution >= 4 is 15.7 Å². The van der Waals surface area contributed by atoms with Crippen LogP contribution < -0.4 is 4.72 Å². The minimum absolute atomic E-state index is 0.240. The molecule has 0 atom stereocenters. The van der Waals surface area contributed by atoms with Gasteiger partial charge in [-0.15, -0.1) is 0 Å². The highest BCUT2D eigenvalue weighted by molar-refractivity contribution is 7.92. The lowest BCUT2D eigenvalue weighted by atomic mass is 10.1. The maximum Gasteiger partial charge on any atom is 0.433 e. The number of rotatable bonds is 4. The van der Waals surface area contributed by atoms with Gasteiger partial charge in [0.2, 0.25) is 0 Å². The van der Waals surface area contributed by atoms with E-state index in [4.69, 9.17) is 4.42 Å². The van der Waals surface area contributed by atoms with Crippen molar-refractivity contribution in [1.29, 1.82) is 0 Å². The van der Waals surface area contributed by atoms with Gasteiger partial charge in [0.25, 0.3) is 10.0 Å². The van der Waals surface area contributed by atoms with Gasteiger partial charge in [0.05, 0.1) is 16.8 Å². The van der Waals surface area contributed by atoms with Crippen molar-refractivity contribution in [3.63, 3.8) is 0 Å². The second kappa shape index (κ2) is 6.49. The van der Waals surface area contributed by atoms with E-state index in [1.54, 1.807) is 37.3 Å². The standard InChI is InChI=1S/C17H13F3N2O3S/c1-11-4-5-12(15-3-2-8-25-15)9-14(11)22-26(23,24)13-6-7-21-16(10-13)17(18,19)20/h2-10,22H,1H3. The number of furan rings is 1.